The lowest BCUT2D eigenvalue weighted by Crippen LogP contribution is -2.30. The number of rotatable bonds is 3. The highest BCUT2D eigenvalue weighted by Crippen LogP contribution is 2.36. The summed E-state index contributed by atoms with van der Waals surface area (Å²) < 4.78 is 5.63. The zero-order valence-corrected chi connectivity index (χ0v) is 16.0. The smallest absolute Gasteiger partial charge is 0.281 e. The molecule has 1 aliphatic rings. The Morgan fingerprint density at radius 2 is 1.92 bits per heavy atom. The Hall–Kier alpha value is -2.38. The average Bonchev–Trinajstić information content (AvgIpc) is 2.82. The minimum absolute atomic E-state index is 0.0113. The highest BCUT2D eigenvalue weighted by molar-refractivity contribution is 9.10. The molecule has 0 bridgehead atoms. The Kier molecular flexibility index (Phi) is 4.78. The van der Waals surface area contributed by atoms with E-state index in [2.05, 4.69) is 15.9 Å². The number of anilines is 1. The van der Waals surface area contributed by atoms with Crippen molar-refractivity contribution in [1.82, 2.24) is 4.90 Å². The maximum atomic E-state index is 12.9. The summed E-state index contributed by atoms with van der Waals surface area (Å²) in [4.78, 5) is 16.0. The number of carbonyl (C=O) groups excluding carboxylic acids is 1. The number of para-hydroxylation sites is 1. The standard InChI is InChI=1S/C18H15BrN2O3S/c1-20-14(9-11-8-13(19)16(22)15(10-11)24-2)17(23)21(18(20)25)12-6-4-3-5-7-12/h3-10,22H,1-2H3/b14-9-. The quantitative estimate of drug-likeness (QED) is 0.607. The van der Waals surface area contributed by atoms with E-state index in [4.69, 9.17) is 17.0 Å². The molecule has 0 aromatic heterocycles. The van der Waals surface area contributed by atoms with E-state index in [9.17, 15) is 9.90 Å². The van der Waals surface area contributed by atoms with Crippen LogP contribution in [-0.4, -0.2) is 35.2 Å². The second kappa shape index (κ2) is 6.85. The van der Waals surface area contributed by atoms with Crippen LogP contribution in [0.4, 0.5) is 5.69 Å². The third-order valence-electron chi connectivity index (χ3n) is 3.85. The van der Waals surface area contributed by atoms with E-state index < -0.39 is 0 Å². The van der Waals surface area contributed by atoms with E-state index in [0.29, 0.717) is 26.6 Å². The molecule has 1 heterocycles. The number of hydrogen-bond donors (Lipinski definition) is 1. The Balaban J connectivity index is 2.03. The minimum atomic E-state index is -0.207. The van der Waals surface area contributed by atoms with Crippen molar-refractivity contribution in [2.24, 2.45) is 0 Å². The molecule has 0 saturated carbocycles. The van der Waals surface area contributed by atoms with Gasteiger partial charge in [-0.25, -0.2) is 0 Å². The molecule has 0 spiro atoms. The molecule has 7 heteroatoms. The number of benzene rings is 2. The summed E-state index contributed by atoms with van der Waals surface area (Å²) in [6.07, 6.45) is 1.71. The van der Waals surface area contributed by atoms with Gasteiger partial charge >= 0.3 is 0 Å². The molecule has 0 radical (unpaired) electrons. The van der Waals surface area contributed by atoms with Crippen molar-refractivity contribution in [3.05, 3.63) is 58.2 Å². The molecular formula is C18H15BrN2O3S. The van der Waals surface area contributed by atoms with Crippen molar-refractivity contribution in [3.8, 4) is 11.5 Å². The van der Waals surface area contributed by atoms with Crippen molar-refractivity contribution < 1.29 is 14.6 Å². The number of phenolic OH excluding ortho intramolecular Hbond substituents is 1. The molecule has 5 nitrogen and oxygen atoms in total. The number of amides is 1. The number of nitrogens with zero attached hydrogens (tertiary/aromatic N) is 2. The molecular weight excluding hydrogens is 404 g/mol. The van der Waals surface area contributed by atoms with E-state index in [-0.39, 0.29) is 11.7 Å². The number of hydrogen-bond acceptors (Lipinski definition) is 4. The van der Waals surface area contributed by atoms with E-state index in [1.165, 1.54) is 12.0 Å². The molecule has 0 aliphatic carbocycles. The highest BCUT2D eigenvalue weighted by Gasteiger charge is 2.36. The van der Waals surface area contributed by atoms with Crippen LogP contribution in [0.5, 0.6) is 11.5 Å². The fourth-order valence-corrected chi connectivity index (χ4v) is 3.30. The van der Waals surface area contributed by atoms with E-state index in [1.807, 2.05) is 30.3 Å². The van der Waals surface area contributed by atoms with Gasteiger partial charge in [-0.3, -0.25) is 9.69 Å². The normalized spacial score (nSPS) is 16.0. The van der Waals surface area contributed by atoms with Gasteiger partial charge in [-0.15, -0.1) is 0 Å². The number of thiocarbonyl (C=S) groups is 1. The number of methoxy groups -OCH3 is 1. The lowest BCUT2D eigenvalue weighted by atomic mass is 10.1. The van der Waals surface area contributed by atoms with Gasteiger partial charge in [0.15, 0.2) is 16.6 Å². The first kappa shape index (κ1) is 17.4. The topological polar surface area (TPSA) is 53.0 Å². The summed E-state index contributed by atoms with van der Waals surface area (Å²) >= 11 is 8.71. The second-order valence-corrected chi connectivity index (χ2v) is 6.62. The molecule has 1 amide bonds. The van der Waals surface area contributed by atoms with Crippen molar-refractivity contribution in [2.45, 2.75) is 0 Å². The minimum Gasteiger partial charge on any atom is -0.503 e. The number of ether oxygens (including phenoxy) is 1. The zero-order valence-electron chi connectivity index (χ0n) is 13.6. The van der Waals surface area contributed by atoms with E-state index in [1.54, 1.807) is 30.2 Å². The molecule has 2 aromatic rings. The summed E-state index contributed by atoms with van der Waals surface area (Å²) in [5, 5.41) is 10.3. The lowest BCUT2D eigenvalue weighted by molar-refractivity contribution is -0.114. The summed E-state index contributed by atoms with van der Waals surface area (Å²) in [7, 11) is 3.22. The van der Waals surface area contributed by atoms with Crippen LogP contribution in [0.25, 0.3) is 6.08 Å². The third-order valence-corrected chi connectivity index (χ3v) is 4.91. The SMILES string of the molecule is COc1cc(/C=C2/C(=O)N(c3ccccc3)C(=S)N2C)cc(Br)c1O. The predicted octanol–water partition coefficient (Wildman–Crippen LogP) is 3.77. The van der Waals surface area contributed by atoms with Crippen molar-refractivity contribution >= 4 is 50.9 Å². The first-order valence-corrected chi connectivity index (χ1v) is 8.59. The molecule has 25 heavy (non-hydrogen) atoms. The first-order valence-electron chi connectivity index (χ1n) is 7.39. The average molecular weight is 419 g/mol. The summed E-state index contributed by atoms with van der Waals surface area (Å²) in [6, 6.07) is 12.6. The second-order valence-electron chi connectivity index (χ2n) is 5.40. The molecule has 1 aliphatic heterocycles. The fraction of sp³-hybridized carbons (Fsp3) is 0.111. The maximum absolute atomic E-state index is 12.9. The summed E-state index contributed by atoms with van der Waals surface area (Å²) in [6.45, 7) is 0. The molecule has 2 aromatic carbocycles. The number of aromatic hydroxyl groups is 1. The largest absolute Gasteiger partial charge is 0.503 e. The Labute approximate surface area is 159 Å². The van der Waals surface area contributed by atoms with Crippen LogP contribution in [0.15, 0.2) is 52.6 Å². The first-order chi connectivity index (χ1) is 11.9. The monoisotopic (exact) mass is 418 g/mol. The Bertz CT molecular complexity index is 883. The van der Waals surface area contributed by atoms with Gasteiger partial charge in [0.2, 0.25) is 0 Å². The van der Waals surface area contributed by atoms with Gasteiger partial charge in [0.05, 0.1) is 17.3 Å². The van der Waals surface area contributed by atoms with Gasteiger partial charge in [0.1, 0.15) is 5.70 Å². The van der Waals surface area contributed by atoms with Crippen molar-refractivity contribution in [1.29, 1.82) is 0 Å². The number of phenols is 1. The van der Waals surface area contributed by atoms with Crippen LogP contribution < -0.4 is 9.64 Å². The summed E-state index contributed by atoms with van der Waals surface area (Å²) in [5.74, 6) is 0.121. The van der Waals surface area contributed by atoms with E-state index in [0.717, 1.165) is 5.69 Å². The van der Waals surface area contributed by atoms with Gasteiger partial charge in [-0.1, -0.05) is 18.2 Å². The van der Waals surface area contributed by atoms with Crippen molar-refractivity contribution in [3.63, 3.8) is 0 Å². The lowest BCUT2D eigenvalue weighted by Gasteiger charge is -2.16. The van der Waals surface area contributed by atoms with Gasteiger partial charge in [-0.05, 0) is 64.1 Å². The highest BCUT2D eigenvalue weighted by atomic mass is 79.9. The van der Waals surface area contributed by atoms with E-state index >= 15 is 0 Å². The van der Waals surface area contributed by atoms with Crippen LogP contribution in [0, 0.1) is 0 Å². The zero-order chi connectivity index (χ0) is 18.1. The fourth-order valence-electron chi connectivity index (χ4n) is 2.55. The van der Waals surface area contributed by atoms with Crippen LogP contribution in [-0.2, 0) is 4.79 Å². The molecule has 0 unspecified atom stereocenters. The van der Waals surface area contributed by atoms with Gasteiger partial charge < -0.3 is 14.7 Å². The van der Waals surface area contributed by atoms with Crippen LogP contribution in [0.2, 0.25) is 0 Å². The third kappa shape index (κ3) is 3.12. The van der Waals surface area contributed by atoms with Crippen molar-refractivity contribution in [2.75, 3.05) is 19.1 Å². The van der Waals surface area contributed by atoms with Gasteiger partial charge in [0.25, 0.3) is 5.91 Å². The summed E-state index contributed by atoms with van der Waals surface area (Å²) in [5.41, 5.74) is 1.86. The van der Waals surface area contributed by atoms with Crippen LogP contribution in [0.3, 0.4) is 0 Å². The predicted molar refractivity (Wildman–Crippen MR) is 105 cm³/mol. The van der Waals surface area contributed by atoms with Gasteiger partial charge in [0, 0.05) is 7.05 Å². The molecule has 0 atom stereocenters. The number of halogens is 1. The molecule has 1 saturated heterocycles. The molecule has 1 fully saturated rings. The Morgan fingerprint density at radius 1 is 1.24 bits per heavy atom. The number of likely N-dealkylation sites (N-methyl/N-ethyl adjacent to an activating group) is 1. The molecule has 1 N–H and O–H groups in total. The maximum Gasteiger partial charge on any atom is 0.281 e. The number of carbonyl (C=O) groups is 1. The van der Waals surface area contributed by atoms with Crippen LogP contribution in [0.1, 0.15) is 5.56 Å². The molecule has 128 valence electrons. The Morgan fingerprint density at radius 3 is 2.56 bits per heavy atom. The molecule has 3 rings (SSSR count). The van der Waals surface area contributed by atoms with Gasteiger partial charge in [-0.2, -0.15) is 0 Å². The van der Waals surface area contributed by atoms with Crippen LogP contribution >= 0.6 is 28.1 Å².